The molecule has 74 valence electrons. The molecule has 0 aliphatic heterocycles. The number of ketones is 1. The van der Waals surface area contributed by atoms with Gasteiger partial charge < -0.3 is 4.90 Å². The zero-order valence-corrected chi connectivity index (χ0v) is 8.66. The number of hydrogen-bond donors (Lipinski definition) is 0. The van der Waals surface area contributed by atoms with Crippen molar-refractivity contribution in [2.24, 2.45) is 0 Å². The highest BCUT2D eigenvalue weighted by Gasteiger charge is 1.99. The van der Waals surface area contributed by atoms with Gasteiger partial charge >= 0.3 is 0 Å². The quantitative estimate of drug-likeness (QED) is 0.676. The molecule has 14 heavy (non-hydrogen) atoms. The standard InChI is InChI=1S/C12H15NO/c1-4-12(14)9-10-5-7-11(8-6-10)13(2)3/h4-8H,1,9H2,2-3H3. The molecule has 0 amide bonds. The van der Waals surface area contributed by atoms with E-state index in [2.05, 4.69) is 6.58 Å². The van der Waals surface area contributed by atoms with Crippen LogP contribution in [0, 0.1) is 0 Å². The lowest BCUT2D eigenvalue weighted by atomic mass is 10.1. The molecule has 0 heterocycles. The lowest BCUT2D eigenvalue weighted by molar-refractivity contribution is -0.114. The van der Waals surface area contributed by atoms with Crippen molar-refractivity contribution in [3.63, 3.8) is 0 Å². The summed E-state index contributed by atoms with van der Waals surface area (Å²) >= 11 is 0. The maximum Gasteiger partial charge on any atom is 0.159 e. The number of anilines is 1. The smallest absolute Gasteiger partial charge is 0.159 e. The minimum absolute atomic E-state index is 0.0580. The number of benzene rings is 1. The molecular weight excluding hydrogens is 174 g/mol. The van der Waals surface area contributed by atoms with Crippen LogP contribution in [0.3, 0.4) is 0 Å². The largest absolute Gasteiger partial charge is 0.378 e. The van der Waals surface area contributed by atoms with Crippen LogP contribution in [0.2, 0.25) is 0 Å². The summed E-state index contributed by atoms with van der Waals surface area (Å²) in [6.07, 6.45) is 1.80. The molecule has 0 aliphatic carbocycles. The molecule has 0 aromatic heterocycles. The van der Waals surface area contributed by atoms with Gasteiger partial charge in [-0.25, -0.2) is 0 Å². The van der Waals surface area contributed by atoms with Crippen LogP contribution in [-0.4, -0.2) is 19.9 Å². The van der Waals surface area contributed by atoms with Gasteiger partial charge in [0.2, 0.25) is 0 Å². The molecule has 0 radical (unpaired) electrons. The third-order valence-corrected chi connectivity index (χ3v) is 2.06. The molecular formula is C12H15NO. The number of carbonyl (C=O) groups excluding carboxylic acids is 1. The van der Waals surface area contributed by atoms with Crippen molar-refractivity contribution >= 4 is 11.5 Å². The topological polar surface area (TPSA) is 20.3 Å². The predicted molar refractivity (Wildman–Crippen MR) is 59.7 cm³/mol. The highest BCUT2D eigenvalue weighted by Crippen LogP contribution is 2.12. The Morgan fingerprint density at radius 2 is 1.93 bits per heavy atom. The van der Waals surface area contributed by atoms with E-state index in [0.29, 0.717) is 6.42 Å². The van der Waals surface area contributed by atoms with E-state index in [4.69, 9.17) is 0 Å². The van der Waals surface area contributed by atoms with Gasteiger partial charge in [0, 0.05) is 26.2 Å². The monoisotopic (exact) mass is 189 g/mol. The number of carbonyl (C=O) groups is 1. The Kier molecular flexibility index (Phi) is 3.46. The fourth-order valence-electron chi connectivity index (χ4n) is 1.19. The molecule has 0 atom stereocenters. The van der Waals surface area contributed by atoms with Crippen molar-refractivity contribution in [2.45, 2.75) is 6.42 Å². The van der Waals surface area contributed by atoms with Crippen LogP contribution in [0.15, 0.2) is 36.9 Å². The van der Waals surface area contributed by atoms with Crippen LogP contribution in [0.1, 0.15) is 5.56 Å². The van der Waals surface area contributed by atoms with Crippen LogP contribution >= 0.6 is 0 Å². The summed E-state index contributed by atoms with van der Waals surface area (Å²) in [6, 6.07) is 7.95. The van der Waals surface area contributed by atoms with Crippen molar-refractivity contribution in [2.75, 3.05) is 19.0 Å². The molecule has 0 saturated heterocycles. The first kappa shape index (κ1) is 10.5. The van der Waals surface area contributed by atoms with Gasteiger partial charge in [0.25, 0.3) is 0 Å². The Hall–Kier alpha value is -1.57. The van der Waals surface area contributed by atoms with Crippen LogP contribution in [0.4, 0.5) is 5.69 Å². The van der Waals surface area contributed by atoms with Crippen LogP contribution in [0.25, 0.3) is 0 Å². The zero-order chi connectivity index (χ0) is 10.6. The first-order chi connectivity index (χ1) is 6.63. The molecule has 0 N–H and O–H groups in total. The van der Waals surface area contributed by atoms with Crippen LogP contribution < -0.4 is 4.90 Å². The van der Waals surface area contributed by atoms with E-state index in [1.807, 2.05) is 43.3 Å². The van der Waals surface area contributed by atoms with E-state index in [1.165, 1.54) is 6.08 Å². The summed E-state index contributed by atoms with van der Waals surface area (Å²) in [5.41, 5.74) is 2.17. The molecule has 2 nitrogen and oxygen atoms in total. The number of nitrogens with zero attached hydrogens (tertiary/aromatic N) is 1. The van der Waals surface area contributed by atoms with Crippen molar-refractivity contribution < 1.29 is 4.79 Å². The molecule has 1 rings (SSSR count). The predicted octanol–water partition coefficient (Wildman–Crippen LogP) is 2.05. The Balaban J connectivity index is 2.73. The average molecular weight is 189 g/mol. The van der Waals surface area contributed by atoms with Gasteiger partial charge in [0.1, 0.15) is 0 Å². The molecule has 2 heteroatoms. The van der Waals surface area contributed by atoms with Crippen molar-refractivity contribution in [1.29, 1.82) is 0 Å². The average Bonchev–Trinajstić information content (AvgIpc) is 2.18. The van der Waals surface area contributed by atoms with Crippen LogP contribution in [-0.2, 0) is 11.2 Å². The normalized spacial score (nSPS) is 9.57. The van der Waals surface area contributed by atoms with Gasteiger partial charge in [-0.1, -0.05) is 18.7 Å². The fourth-order valence-corrected chi connectivity index (χ4v) is 1.19. The van der Waals surface area contributed by atoms with E-state index < -0.39 is 0 Å². The first-order valence-electron chi connectivity index (χ1n) is 4.55. The summed E-state index contributed by atoms with van der Waals surface area (Å²) in [7, 11) is 3.98. The summed E-state index contributed by atoms with van der Waals surface area (Å²) < 4.78 is 0. The molecule has 0 bridgehead atoms. The SMILES string of the molecule is C=CC(=O)Cc1ccc(N(C)C)cc1. The van der Waals surface area contributed by atoms with Crippen molar-refractivity contribution in [3.05, 3.63) is 42.5 Å². The van der Waals surface area contributed by atoms with Crippen LogP contribution in [0.5, 0.6) is 0 Å². The highest BCUT2D eigenvalue weighted by atomic mass is 16.1. The van der Waals surface area contributed by atoms with Gasteiger partial charge in [0.05, 0.1) is 0 Å². The molecule has 0 saturated carbocycles. The van der Waals surface area contributed by atoms with E-state index in [1.54, 1.807) is 0 Å². The van der Waals surface area contributed by atoms with Gasteiger partial charge in [0.15, 0.2) is 5.78 Å². The molecule has 1 aromatic rings. The third kappa shape index (κ3) is 2.73. The van der Waals surface area contributed by atoms with E-state index >= 15 is 0 Å². The maximum atomic E-state index is 11.1. The summed E-state index contributed by atoms with van der Waals surface area (Å²) in [6.45, 7) is 3.44. The highest BCUT2D eigenvalue weighted by molar-refractivity contribution is 5.90. The first-order valence-corrected chi connectivity index (χ1v) is 4.55. The van der Waals surface area contributed by atoms with Crippen molar-refractivity contribution in [1.82, 2.24) is 0 Å². The third-order valence-electron chi connectivity index (χ3n) is 2.06. The van der Waals surface area contributed by atoms with Crippen molar-refractivity contribution in [3.8, 4) is 0 Å². The van der Waals surface area contributed by atoms with Gasteiger partial charge in [-0.2, -0.15) is 0 Å². The Morgan fingerprint density at radius 3 is 2.36 bits per heavy atom. The lowest BCUT2D eigenvalue weighted by Gasteiger charge is -2.12. The van der Waals surface area contributed by atoms with Gasteiger partial charge in [-0.05, 0) is 23.8 Å². The van der Waals surface area contributed by atoms with E-state index in [9.17, 15) is 4.79 Å². The van der Waals surface area contributed by atoms with E-state index in [0.717, 1.165) is 11.3 Å². The molecule has 0 spiro atoms. The molecule has 0 unspecified atom stereocenters. The minimum Gasteiger partial charge on any atom is -0.378 e. The molecule has 1 aromatic carbocycles. The van der Waals surface area contributed by atoms with E-state index in [-0.39, 0.29) is 5.78 Å². The Bertz CT molecular complexity index is 325. The second-order valence-electron chi connectivity index (χ2n) is 3.41. The number of rotatable bonds is 4. The second-order valence-corrected chi connectivity index (χ2v) is 3.41. The Morgan fingerprint density at radius 1 is 1.36 bits per heavy atom. The fraction of sp³-hybridized carbons (Fsp3) is 0.250. The van der Waals surface area contributed by atoms with Gasteiger partial charge in [-0.3, -0.25) is 4.79 Å². The number of allylic oxidation sites excluding steroid dienone is 1. The summed E-state index contributed by atoms with van der Waals surface area (Å²) in [5, 5.41) is 0. The lowest BCUT2D eigenvalue weighted by Crippen LogP contribution is -2.08. The summed E-state index contributed by atoms with van der Waals surface area (Å²) in [4.78, 5) is 13.1. The second kappa shape index (κ2) is 4.61. The zero-order valence-electron chi connectivity index (χ0n) is 8.66. The number of hydrogen-bond acceptors (Lipinski definition) is 2. The maximum absolute atomic E-state index is 11.1. The summed E-state index contributed by atoms with van der Waals surface area (Å²) in [5.74, 6) is 0.0580. The molecule has 0 aliphatic rings. The molecule has 0 fully saturated rings. The Labute approximate surface area is 84.9 Å². The minimum atomic E-state index is 0.0580. The van der Waals surface area contributed by atoms with Gasteiger partial charge in [-0.15, -0.1) is 0 Å².